The SMILES string of the molecule is CCN(CCC(N)=NO)C(=O)c1cncc(Br)c1. The van der Waals surface area contributed by atoms with Crippen LogP contribution >= 0.6 is 15.9 Å². The van der Waals surface area contributed by atoms with Gasteiger partial charge in [0.2, 0.25) is 0 Å². The maximum absolute atomic E-state index is 12.2. The van der Waals surface area contributed by atoms with Crippen molar-refractivity contribution >= 4 is 27.7 Å². The van der Waals surface area contributed by atoms with Crippen molar-refractivity contribution < 1.29 is 10.0 Å². The Kier molecular flexibility index (Phi) is 5.57. The predicted molar refractivity (Wildman–Crippen MR) is 71.5 cm³/mol. The van der Waals surface area contributed by atoms with Crippen molar-refractivity contribution in [1.82, 2.24) is 9.88 Å². The molecule has 0 aliphatic carbocycles. The van der Waals surface area contributed by atoms with Gasteiger partial charge in [-0.1, -0.05) is 5.16 Å². The maximum atomic E-state index is 12.2. The largest absolute Gasteiger partial charge is 0.409 e. The molecule has 0 spiro atoms. The molecule has 0 radical (unpaired) electrons. The fourth-order valence-electron chi connectivity index (χ4n) is 1.41. The van der Waals surface area contributed by atoms with Crippen molar-refractivity contribution in [1.29, 1.82) is 0 Å². The van der Waals surface area contributed by atoms with Crippen molar-refractivity contribution in [2.45, 2.75) is 13.3 Å². The highest BCUT2D eigenvalue weighted by molar-refractivity contribution is 9.10. The maximum Gasteiger partial charge on any atom is 0.255 e. The molecule has 0 bridgehead atoms. The number of pyridine rings is 1. The lowest BCUT2D eigenvalue weighted by Gasteiger charge is -2.20. The molecule has 0 fully saturated rings. The van der Waals surface area contributed by atoms with Crippen LogP contribution in [-0.2, 0) is 0 Å². The first-order valence-electron chi connectivity index (χ1n) is 5.44. The van der Waals surface area contributed by atoms with Crippen molar-refractivity contribution in [3.63, 3.8) is 0 Å². The molecule has 0 aliphatic rings. The molecule has 0 aromatic carbocycles. The first-order chi connectivity index (χ1) is 8.58. The number of nitrogens with zero attached hydrogens (tertiary/aromatic N) is 3. The lowest BCUT2D eigenvalue weighted by atomic mass is 10.2. The number of hydrogen-bond acceptors (Lipinski definition) is 4. The number of carbonyl (C=O) groups excluding carboxylic acids is 1. The monoisotopic (exact) mass is 314 g/mol. The van der Waals surface area contributed by atoms with Gasteiger partial charge in [0.05, 0.1) is 5.56 Å². The summed E-state index contributed by atoms with van der Waals surface area (Å²) in [5.41, 5.74) is 5.89. The quantitative estimate of drug-likeness (QED) is 0.372. The number of oxime groups is 1. The summed E-state index contributed by atoms with van der Waals surface area (Å²) >= 11 is 3.27. The summed E-state index contributed by atoms with van der Waals surface area (Å²) in [6, 6.07) is 1.71. The molecule has 0 aliphatic heterocycles. The molecule has 1 aromatic heterocycles. The second-order valence-corrected chi connectivity index (χ2v) is 4.53. The van der Waals surface area contributed by atoms with E-state index in [0.29, 0.717) is 25.1 Å². The summed E-state index contributed by atoms with van der Waals surface area (Å²) < 4.78 is 0.751. The van der Waals surface area contributed by atoms with Crippen LogP contribution in [-0.4, -0.2) is 39.9 Å². The lowest BCUT2D eigenvalue weighted by Crippen LogP contribution is -2.34. The van der Waals surface area contributed by atoms with Gasteiger partial charge in [0.1, 0.15) is 5.84 Å². The molecule has 0 saturated heterocycles. The third kappa shape index (κ3) is 3.99. The van der Waals surface area contributed by atoms with Gasteiger partial charge in [-0.25, -0.2) is 0 Å². The molecule has 1 rings (SSSR count). The van der Waals surface area contributed by atoms with Crippen LogP contribution in [0.1, 0.15) is 23.7 Å². The van der Waals surface area contributed by atoms with Crippen LogP contribution in [0.5, 0.6) is 0 Å². The number of carbonyl (C=O) groups is 1. The Morgan fingerprint density at radius 3 is 2.89 bits per heavy atom. The number of aromatic nitrogens is 1. The van der Waals surface area contributed by atoms with Crippen LogP contribution in [0, 0.1) is 0 Å². The molecule has 7 heteroatoms. The van der Waals surface area contributed by atoms with Crippen LogP contribution in [0.4, 0.5) is 0 Å². The van der Waals surface area contributed by atoms with E-state index in [1.807, 2.05) is 6.92 Å². The molecule has 1 aromatic rings. The van der Waals surface area contributed by atoms with E-state index in [1.165, 1.54) is 6.20 Å². The summed E-state index contributed by atoms with van der Waals surface area (Å²) in [5, 5.41) is 11.3. The zero-order valence-electron chi connectivity index (χ0n) is 10.0. The molecule has 1 amide bonds. The molecule has 6 nitrogen and oxygen atoms in total. The van der Waals surface area contributed by atoms with Crippen molar-refractivity contribution in [3.8, 4) is 0 Å². The van der Waals surface area contributed by atoms with Crippen LogP contribution in [0.3, 0.4) is 0 Å². The van der Waals surface area contributed by atoms with Gasteiger partial charge in [-0.05, 0) is 28.9 Å². The van der Waals surface area contributed by atoms with Gasteiger partial charge < -0.3 is 15.8 Å². The highest BCUT2D eigenvalue weighted by Crippen LogP contribution is 2.11. The molecular formula is C11H15BrN4O2. The number of nitrogens with two attached hydrogens (primary N) is 1. The summed E-state index contributed by atoms with van der Waals surface area (Å²) in [7, 11) is 0. The fourth-order valence-corrected chi connectivity index (χ4v) is 1.78. The Morgan fingerprint density at radius 2 is 2.33 bits per heavy atom. The summed E-state index contributed by atoms with van der Waals surface area (Å²) in [4.78, 5) is 17.7. The minimum absolute atomic E-state index is 0.105. The molecule has 1 heterocycles. The topological polar surface area (TPSA) is 91.8 Å². The van der Waals surface area contributed by atoms with E-state index in [0.717, 1.165) is 4.47 Å². The number of halogens is 1. The second-order valence-electron chi connectivity index (χ2n) is 3.62. The van der Waals surface area contributed by atoms with Crippen LogP contribution in [0.15, 0.2) is 28.1 Å². The van der Waals surface area contributed by atoms with Crippen LogP contribution in [0.2, 0.25) is 0 Å². The average Bonchev–Trinajstić information content (AvgIpc) is 2.38. The van der Waals surface area contributed by atoms with Gasteiger partial charge in [-0.2, -0.15) is 0 Å². The van der Waals surface area contributed by atoms with Gasteiger partial charge in [0, 0.05) is 36.4 Å². The minimum Gasteiger partial charge on any atom is -0.409 e. The zero-order chi connectivity index (χ0) is 13.5. The van der Waals surface area contributed by atoms with Gasteiger partial charge in [0.25, 0.3) is 5.91 Å². The van der Waals surface area contributed by atoms with Gasteiger partial charge >= 0.3 is 0 Å². The standard InChI is InChI=1S/C11H15BrN4O2/c1-2-16(4-3-10(13)15-18)11(17)8-5-9(12)7-14-6-8/h5-7,18H,2-4H2,1H3,(H2,13,15). The molecule has 18 heavy (non-hydrogen) atoms. The summed E-state index contributed by atoms with van der Waals surface area (Å²) in [5.74, 6) is -0.0225. The number of amidine groups is 1. The van der Waals surface area contributed by atoms with E-state index < -0.39 is 0 Å². The molecule has 0 saturated carbocycles. The first-order valence-corrected chi connectivity index (χ1v) is 6.24. The van der Waals surface area contributed by atoms with E-state index in [4.69, 9.17) is 10.9 Å². The predicted octanol–water partition coefficient (Wildman–Crippen LogP) is 1.44. The van der Waals surface area contributed by atoms with Crippen molar-refractivity contribution in [2.24, 2.45) is 10.9 Å². The van der Waals surface area contributed by atoms with Crippen molar-refractivity contribution in [3.05, 3.63) is 28.5 Å². The van der Waals surface area contributed by atoms with Crippen LogP contribution < -0.4 is 5.73 Å². The lowest BCUT2D eigenvalue weighted by molar-refractivity contribution is 0.0768. The zero-order valence-corrected chi connectivity index (χ0v) is 11.6. The minimum atomic E-state index is -0.128. The highest BCUT2D eigenvalue weighted by Gasteiger charge is 2.15. The smallest absolute Gasteiger partial charge is 0.255 e. The van der Waals surface area contributed by atoms with Gasteiger partial charge in [-0.15, -0.1) is 0 Å². The molecule has 98 valence electrons. The number of hydrogen-bond donors (Lipinski definition) is 2. The Hall–Kier alpha value is -1.63. The third-order valence-corrected chi connectivity index (χ3v) is 2.82. The molecule has 0 unspecified atom stereocenters. The Labute approximate surface area is 114 Å². The first kappa shape index (κ1) is 14.4. The van der Waals surface area contributed by atoms with Crippen molar-refractivity contribution in [2.75, 3.05) is 13.1 Å². The van der Waals surface area contributed by atoms with E-state index in [1.54, 1.807) is 17.2 Å². The normalized spacial score (nSPS) is 11.3. The fraction of sp³-hybridized carbons (Fsp3) is 0.364. The molecule has 0 atom stereocenters. The average molecular weight is 315 g/mol. The van der Waals surface area contributed by atoms with E-state index in [-0.39, 0.29) is 11.7 Å². The van der Waals surface area contributed by atoms with Gasteiger partial charge in [0.15, 0.2) is 0 Å². The van der Waals surface area contributed by atoms with Gasteiger partial charge in [-0.3, -0.25) is 9.78 Å². The summed E-state index contributed by atoms with van der Waals surface area (Å²) in [6.07, 6.45) is 3.46. The second kappa shape index (κ2) is 6.95. The molecular weight excluding hydrogens is 300 g/mol. The Morgan fingerprint density at radius 1 is 1.61 bits per heavy atom. The van der Waals surface area contributed by atoms with E-state index >= 15 is 0 Å². The Balaban J connectivity index is 2.73. The molecule has 3 N–H and O–H groups in total. The van der Waals surface area contributed by atoms with Crippen LogP contribution in [0.25, 0.3) is 0 Å². The van der Waals surface area contributed by atoms with E-state index in [9.17, 15) is 4.79 Å². The Bertz CT molecular complexity index is 450. The summed E-state index contributed by atoms with van der Waals surface area (Å²) in [6.45, 7) is 2.82. The number of rotatable bonds is 5. The number of amides is 1. The third-order valence-electron chi connectivity index (χ3n) is 2.39. The highest BCUT2D eigenvalue weighted by atomic mass is 79.9. The van der Waals surface area contributed by atoms with E-state index in [2.05, 4.69) is 26.1 Å².